The van der Waals surface area contributed by atoms with Crippen molar-refractivity contribution < 1.29 is 9.90 Å². The average molecular weight is 282 g/mol. The predicted molar refractivity (Wildman–Crippen MR) is 76.5 cm³/mol. The van der Waals surface area contributed by atoms with Gasteiger partial charge in [0.1, 0.15) is 0 Å². The summed E-state index contributed by atoms with van der Waals surface area (Å²) >= 11 is 5.92. The maximum Gasteiger partial charge on any atom is 0.254 e. The lowest BCUT2D eigenvalue weighted by Gasteiger charge is -2.34. The summed E-state index contributed by atoms with van der Waals surface area (Å²) in [6, 6.07) is 5.18. The van der Waals surface area contributed by atoms with Crippen molar-refractivity contribution in [2.75, 3.05) is 6.54 Å². The average Bonchev–Trinajstić information content (AvgIpc) is 2.76. The van der Waals surface area contributed by atoms with Crippen molar-refractivity contribution in [1.82, 2.24) is 4.90 Å². The fraction of sp³-hybridized carbons (Fsp3) is 0.533. The van der Waals surface area contributed by atoms with Gasteiger partial charge in [0.2, 0.25) is 0 Å². The predicted octanol–water partition coefficient (Wildman–Crippen LogP) is 3.02. The van der Waals surface area contributed by atoms with E-state index in [9.17, 15) is 9.90 Å². The monoisotopic (exact) mass is 281 g/mol. The van der Waals surface area contributed by atoms with Crippen LogP contribution in [-0.4, -0.2) is 34.1 Å². The molecule has 0 aromatic heterocycles. The molecule has 1 heterocycles. The molecule has 1 aromatic rings. The van der Waals surface area contributed by atoms with Crippen LogP contribution in [0, 0.1) is 6.92 Å². The van der Waals surface area contributed by atoms with Gasteiger partial charge in [-0.3, -0.25) is 4.79 Å². The van der Waals surface area contributed by atoms with E-state index in [1.54, 1.807) is 36.9 Å². The van der Waals surface area contributed by atoms with E-state index in [-0.39, 0.29) is 11.9 Å². The van der Waals surface area contributed by atoms with Crippen molar-refractivity contribution in [2.24, 2.45) is 0 Å². The van der Waals surface area contributed by atoms with Gasteiger partial charge in [0.25, 0.3) is 5.91 Å². The number of carbonyl (C=O) groups is 1. The third-order valence-corrected chi connectivity index (χ3v) is 3.98. The molecule has 1 fully saturated rings. The van der Waals surface area contributed by atoms with Gasteiger partial charge in [-0.25, -0.2) is 0 Å². The van der Waals surface area contributed by atoms with Crippen molar-refractivity contribution in [3.63, 3.8) is 0 Å². The van der Waals surface area contributed by atoms with Gasteiger partial charge in [-0.1, -0.05) is 11.6 Å². The molecule has 0 aliphatic carbocycles. The molecule has 2 rings (SSSR count). The van der Waals surface area contributed by atoms with E-state index in [0.717, 1.165) is 18.4 Å². The minimum absolute atomic E-state index is 0.0150. The molecule has 19 heavy (non-hydrogen) atoms. The fourth-order valence-corrected chi connectivity index (χ4v) is 2.99. The van der Waals surface area contributed by atoms with Gasteiger partial charge in [0.05, 0.1) is 11.6 Å². The van der Waals surface area contributed by atoms with E-state index in [4.69, 9.17) is 11.6 Å². The first-order chi connectivity index (χ1) is 8.80. The zero-order chi connectivity index (χ0) is 14.2. The molecule has 1 N–H and O–H groups in total. The number of halogens is 1. The van der Waals surface area contributed by atoms with Gasteiger partial charge in [-0.15, -0.1) is 0 Å². The topological polar surface area (TPSA) is 40.5 Å². The second-order valence-corrected chi connectivity index (χ2v) is 6.21. The number of aliphatic hydroxyl groups is 1. The fourth-order valence-electron chi connectivity index (χ4n) is 2.77. The third-order valence-electron chi connectivity index (χ3n) is 3.75. The van der Waals surface area contributed by atoms with Crippen molar-refractivity contribution in [3.8, 4) is 0 Å². The van der Waals surface area contributed by atoms with Crippen molar-refractivity contribution in [3.05, 3.63) is 34.3 Å². The summed E-state index contributed by atoms with van der Waals surface area (Å²) in [6.07, 6.45) is 1.79. The smallest absolute Gasteiger partial charge is 0.254 e. The van der Waals surface area contributed by atoms with Gasteiger partial charge < -0.3 is 10.0 Å². The van der Waals surface area contributed by atoms with E-state index in [1.165, 1.54) is 0 Å². The van der Waals surface area contributed by atoms with Crippen LogP contribution in [0.2, 0.25) is 5.02 Å². The quantitative estimate of drug-likeness (QED) is 0.905. The summed E-state index contributed by atoms with van der Waals surface area (Å²) in [7, 11) is 0. The molecule has 0 bridgehead atoms. The number of hydrogen-bond acceptors (Lipinski definition) is 2. The molecule has 0 saturated carbocycles. The third kappa shape index (κ3) is 2.93. The number of carbonyl (C=O) groups excluding carboxylic acids is 1. The van der Waals surface area contributed by atoms with Crippen LogP contribution in [0.1, 0.15) is 42.6 Å². The van der Waals surface area contributed by atoms with Gasteiger partial charge >= 0.3 is 0 Å². The lowest BCUT2D eigenvalue weighted by atomic mass is 9.96. The summed E-state index contributed by atoms with van der Waals surface area (Å²) in [5, 5.41) is 10.8. The van der Waals surface area contributed by atoms with Crippen LogP contribution in [0.15, 0.2) is 18.2 Å². The molecule has 1 aliphatic heterocycles. The number of nitrogens with zero attached hydrogens (tertiary/aromatic N) is 1. The first kappa shape index (κ1) is 14.4. The van der Waals surface area contributed by atoms with Crippen LogP contribution in [0.25, 0.3) is 0 Å². The molecule has 3 nitrogen and oxygen atoms in total. The molecular formula is C15H20ClNO2. The standard InChI is InChI=1S/C15H20ClNO2/c1-10-9-11(16)6-7-12(10)14(18)17-8-4-5-13(17)15(2,3)19/h6-7,9,13,19H,4-5,8H2,1-3H3/t13-/m0/s1. The lowest BCUT2D eigenvalue weighted by Crippen LogP contribution is -2.48. The Hall–Kier alpha value is -1.06. The second kappa shape index (κ2) is 5.14. The van der Waals surface area contributed by atoms with Crippen molar-refractivity contribution >= 4 is 17.5 Å². The minimum atomic E-state index is -0.869. The highest BCUT2D eigenvalue weighted by Crippen LogP contribution is 2.29. The first-order valence-electron chi connectivity index (χ1n) is 6.60. The van der Waals surface area contributed by atoms with E-state index in [0.29, 0.717) is 17.1 Å². The summed E-state index contributed by atoms with van der Waals surface area (Å²) < 4.78 is 0. The largest absolute Gasteiger partial charge is 0.388 e. The highest BCUT2D eigenvalue weighted by Gasteiger charge is 2.38. The normalized spacial score (nSPS) is 19.8. The Morgan fingerprint density at radius 1 is 1.47 bits per heavy atom. The molecule has 1 amide bonds. The number of benzene rings is 1. The van der Waals surface area contributed by atoms with Crippen LogP contribution in [0.4, 0.5) is 0 Å². The lowest BCUT2D eigenvalue weighted by molar-refractivity contribution is 0.000304. The molecule has 0 unspecified atom stereocenters. The zero-order valence-corrected chi connectivity index (χ0v) is 12.4. The van der Waals surface area contributed by atoms with Crippen molar-refractivity contribution in [1.29, 1.82) is 0 Å². The van der Waals surface area contributed by atoms with Crippen molar-refractivity contribution in [2.45, 2.75) is 45.3 Å². The number of hydrogen-bond donors (Lipinski definition) is 1. The summed E-state index contributed by atoms with van der Waals surface area (Å²) in [4.78, 5) is 14.4. The van der Waals surface area contributed by atoms with Crippen LogP contribution in [0.5, 0.6) is 0 Å². The van der Waals surface area contributed by atoms with E-state index in [2.05, 4.69) is 0 Å². The molecule has 104 valence electrons. The molecule has 1 saturated heterocycles. The highest BCUT2D eigenvalue weighted by molar-refractivity contribution is 6.30. The molecular weight excluding hydrogens is 262 g/mol. The molecule has 4 heteroatoms. The SMILES string of the molecule is Cc1cc(Cl)ccc1C(=O)N1CCC[C@H]1C(C)(C)O. The summed E-state index contributed by atoms with van der Waals surface area (Å²) in [5.41, 5.74) is 0.673. The maximum absolute atomic E-state index is 12.6. The van der Waals surface area contributed by atoms with Gasteiger partial charge in [0, 0.05) is 17.1 Å². The molecule has 0 radical (unpaired) electrons. The van der Waals surface area contributed by atoms with E-state index in [1.807, 2.05) is 6.92 Å². The van der Waals surface area contributed by atoms with E-state index >= 15 is 0 Å². The van der Waals surface area contributed by atoms with Crippen LogP contribution in [-0.2, 0) is 0 Å². The molecule has 0 spiro atoms. The zero-order valence-electron chi connectivity index (χ0n) is 11.6. The number of rotatable bonds is 2. The Bertz CT molecular complexity index is 493. The summed E-state index contributed by atoms with van der Waals surface area (Å²) in [6.45, 7) is 6.11. The second-order valence-electron chi connectivity index (χ2n) is 5.77. The minimum Gasteiger partial charge on any atom is -0.388 e. The van der Waals surface area contributed by atoms with Crippen LogP contribution >= 0.6 is 11.6 Å². The maximum atomic E-state index is 12.6. The van der Waals surface area contributed by atoms with Gasteiger partial charge in [-0.05, 0) is 57.4 Å². The first-order valence-corrected chi connectivity index (χ1v) is 6.98. The molecule has 1 aromatic carbocycles. The Morgan fingerprint density at radius 2 is 2.16 bits per heavy atom. The Labute approximate surface area is 119 Å². The Balaban J connectivity index is 2.28. The Morgan fingerprint density at radius 3 is 2.74 bits per heavy atom. The van der Waals surface area contributed by atoms with Gasteiger partial charge in [-0.2, -0.15) is 0 Å². The summed E-state index contributed by atoms with van der Waals surface area (Å²) in [5.74, 6) is -0.0150. The van der Waals surface area contributed by atoms with E-state index < -0.39 is 5.60 Å². The number of aryl methyl sites for hydroxylation is 1. The van der Waals surface area contributed by atoms with Crippen LogP contribution in [0.3, 0.4) is 0 Å². The number of likely N-dealkylation sites (tertiary alicyclic amines) is 1. The van der Waals surface area contributed by atoms with Gasteiger partial charge in [0.15, 0.2) is 0 Å². The Kier molecular flexibility index (Phi) is 3.88. The highest BCUT2D eigenvalue weighted by atomic mass is 35.5. The van der Waals surface area contributed by atoms with Crippen LogP contribution < -0.4 is 0 Å². The molecule has 1 atom stereocenters. The number of amides is 1. The molecule has 1 aliphatic rings.